The summed E-state index contributed by atoms with van der Waals surface area (Å²) in [4.78, 5) is 50.8. The van der Waals surface area contributed by atoms with Gasteiger partial charge in [0, 0.05) is 32.7 Å². The van der Waals surface area contributed by atoms with Crippen LogP contribution in [0.25, 0.3) is 6.08 Å². The third kappa shape index (κ3) is 9.75. The van der Waals surface area contributed by atoms with E-state index >= 15 is 0 Å². The van der Waals surface area contributed by atoms with Gasteiger partial charge < -0.3 is 19.1 Å². The maximum absolute atomic E-state index is 12.3. The van der Waals surface area contributed by atoms with E-state index in [4.69, 9.17) is 14.2 Å². The molecule has 10 heteroatoms. The quantitative estimate of drug-likeness (QED) is 0.241. The maximum atomic E-state index is 12.3. The minimum Gasteiger partial charge on any atom is -0.465 e. The molecule has 0 atom stereocenters. The highest BCUT2D eigenvalue weighted by molar-refractivity contribution is 6.38. The number of hydrogen-bond acceptors (Lipinski definition) is 9. The Kier molecular flexibility index (Phi) is 9.63. The molecule has 10 nitrogen and oxygen atoms in total. The van der Waals surface area contributed by atoms with Crippen LogP contribution in [0.15, 0.2) is 47.5 Å². The molecule has 1 aromatic carbocycles. The Hall–Kier alpha value is -4.08. The van der Waals surface area contributed by atoms with Gasteiger partial charge >= 0.3 is 18.0 Å². The maximum Gasteiger partial charge on any atom is 0.434 e. The van der Waals surface area contributed by atoms with Gasteiger partial charge in [-0.1, -0.05) is 30.3 Å². The predicted molar refractivity (Wildman–Crippen MR) is 131 cm³/mol. The van der Waals surface area contributed by atoms with Gasteiger partial charge in [0.05, 0.1) is 12.8 Å². The van der Waals surface area contributed by atoms with Crippen molar-refractivity contribution in [3.8, 4) is 0 Å². The van der Waals surface area contributed by atoms with Crippen LogP contribution in [0.3, 0.4) is 0 Å². The standard InChI is InChI=1S/C25H30N4O6/c1-25(2,3)35-22(30)13-12-20-26-18(15-21(28-20)29(4)5)14-19(23(31)33-6)27-24(32)34-16-17-10-8-7-9-11-17/h7-13,15H,14,16H2,1-6H3. The number of ether oxygens (including phenoxy) is 3. The van der Waals surface area contributed by atoms with E-state index in [1.54, 1.807) is 58.0 Å². The summed E-state index contributed by atoms with van der Waals surface area (Å²) in [6.07, 6.45) is 1.58. The van der Waals surface area contributed by atoms with E-state index < -0.39 is 23.6 Å². The van der Waals surface area contributed by atoms with Crippen molar-refractivity contribution in [2.45, 2.75) is 39.4 Å². The SMILES string of the molecule is COC(=O)C(Cc1cc(N(C)C)nc(C=CC(=O)OC(C)(C)C)n1)=NC(=O)OCc1ccccc1. The molecule has 0 saturated carbocycles. The zero-order valence-electron chi connectivity index (χ0n) is 20.8. The number of carbonyl (C=O) groups is 3. The van der Waals surface area contributed by atoms with Crippen molar-refractivity contribution in [3.05, 3.63) is 59.6 Å². The Balaban J connectivity index is 2.26. The summed E-state index contributed by atoms with van der Waals surface area (Å²) in [6.45, 7) is 5.30. The average Bonchev–Trinajstić information content (AvgIpc) is 2.80. The van der Waals surface area contributed by atoms with E-state index in [1.807, 2.05) is 18.2 Å². The van der Waals surface area contributed by atoms with Crippen LogP contribution in [0.2, 0.25) is 0 Å². The van der Waals surface area contributed by atoms with Gasteiger partial charge in [0.1, 0.15) is 23.7 Å². The zero-order chi connectivity index (χ0) is 26.0. The normalized spacial score (nSPS) is 11.8. The number of benzene rings is 1. The topological polar surface area (TPSA) is 120 Å². The summed E-state index contributed by atoms with van der Waals surface area (Å²) in [5.74, 6) is -0.601. The molecule has 1 heterocycles. The molecule has 0 bridgehead atoms. The summed E-state index contributed by atoms with van der Waals surface area (Å²) >= 11 is 0. The lowest BCUT2D eigenvalue weighted by molar-refractivity contribution is -0.148. The first-order valence-electron chi connectivity index (χ1n) is 10.8. The second kappa shape index (κ2) is 12.4. The van der Waals surface area contributed by atoms with Gasteiger partial charge in [-0.3, -0.25) is 0 Å². The number of anilines is 1. The van der Waals surface area contributed by atoms with Gasteiger partial charge in [0.2, 0.25) is 0 Å². The molecule has 1 amide bonds. The van der Waals surface area contributed by atoms with Crippen LogP contribution in [-0.2, 0) is 36.8 Å². The number of nitrogens with zero attached hydrogens (tertiary/aromatic N) is 4. The van der Waals surface area contributed by atoms with Crippen LogP contribution < -0.4 is 4.90 Å². The highest BCUT2D eigenvalue weighted by atomic mass is 16.6. The molecule has 0 unspecified atom stereocenters. The van der Waals surface area contributed by atoms with E-state index in [9.17, 15) is 14.4 Å². The first-order valence-corrected chi connectivity index (χ1v) is 10.8. The molecule has 0 aliphatic carbocycles. The van der Waals surface area contributed by atoms with Crippen molar-refractivity contribution in [2.75, 3.05) is 26.1 Å². The lowest BCUT2D eigenvalue weighted by atomic mass is 10.2. The third-order valence-corrected chi connectivity index (χ3v) is 4.22. The molecule has 35 heavy (non-hydrogen) atoms. The van der Waals surface area contributed by atoms with E-state index in [2.05, 4.69) is 15.0 Å². The highest BCUT2D eigenvalue weighted by Crippen LogP contribution is 2.14. The van der Waals surface area contributed by atoms with Gasteiger partial charge in [-0.25, -0.2) is 24.4 Å². The molecule has 0 aliphatic heterocycles. The van der Waals surface area contributed by atoms with Crippen molar-refractivity contribution < 1.29 is 28.6 Å². The fourth-order valence-corrected chi connectivity index (χ4v) is 2.68. The van der Waals surface area contributed by atoms with Crippen molar-refractivity contribution in [1.29, 1.82) is 0 Å². The van der Waals surface area contributed by atoms with Gasteiger partial charge in [0.25, 0.3) is 0 Å². The summed E-state index contributed by atoms with van der Waals surface area (Å²) in [5.41, 5.74) is 0.340. The fourth-order valence-electron chi connectivity index (χ4n) is 2.68. The summed E-state index contributed by atoms with van der Waals surface area (Å²) in [6, 6.07) is 10.7. The Bertz CT molecular complexity index is 1100. The summed E-state index contributed by atoms with van der Waals surface area (Å²) in [7, 11) is 4.75. The van der Waals surface area contributed by atoms with Gasteiger partial charge in [0.15, 0.2) is 5.82 Å². The largest absolute Gasteiger partial charge is 0.465 e. The number of esters is 2. The smallest absolute Gasteiger partial charge is 0.434 e. The van der Waals surface area contributed by atoms with Crippen LogP contribution in [-0.4, -0.2) is 60.5 Å². The molecule has 0 radical (unpaired) electrons. The minimum absolute atomic E-state index is 0.00944. The van der Waals surface area contributed by atoms with Crippen LogP contribution >= 0.6 is 0 Å². The minimum atomic E-state index is -0.929. The van der Waals surface area contributed by atoms with Gasteiger partial charge in [-0.05, 0) is 32.4 Å². The molecule has 2 rings (SSSR count). The molecule has 0 fully saturated rings. The number of amides is 1. The molecular formula is C25H30N4O6. The Morgan fingerprint density at radius 1 is 1.09 bits per heavy atom. The van der Waals surface area contributed by atoms with E-state index in [0.717, 1.165) is 5.56 Å². The molecular weight excluding hydrogens is 452 g/mol. The van der Waals surface area contributed by atoms with Crippen LogP contribution in [0.4, 0.5) is 10.6 Å². The highest BCUT2D eigenvalue weighted by Gasteiger charge is 2.18. The van der Waals surface area contributed by atoms with Crippen molar-refractivity contribution in [3.63, 3.8) is 0 Å². The zero-order valence-corrected chi connectivity index (χ0v) is 20.8. The van der Waals surface area contributed by atoms with Gasteiger partial charge in [-0.15, -0.1) is 0 Å². The van der Waals surface area contributed by atoms with E-state index in [-0.39, 0.29) is 24.6 Å². The second-order valence-corrected chi connectivity index (χ2v) is 8.60. The molecule has 2 aromatic rings. The molecule has 0 saturated heterocycles. The van der Waals surface area contributed by atoms with Crippen LogP contribution in [0.1, 0.15) is 37.9 Å². The average molecular weight is 483 g/mol. The number of hydrogen-bond donors (Lipinski definition) is 0. The summed E-state index contributed by atoms with van der Waals surface area (Å²) < 4.78 is 15.2. The van der Waals surface area contributed by atoms with Crippen LogP contribution in [0.5, 0.6) is 0 Å². The lowest BCUT2D eigenvalue weighted by Crippen LogP contribution is -2.22. The summed E-state index contributed by atoms with van der Waals surface area (Å²) in [5, 5.41) is 0. The van der Waals surface area contributed by atoms with Gasteiger partial charge in [-0.2, -0.15) is 4.99 Å². The lowest BCUT2D eigenvalue weighted by Gasteiger charge is -2.18. The first kappa shape index (κ1) is 27.2. The van der Waals surface area contributed by atoms with Crippen molar-refractivity contribution >= 4 is 35.6 Å². The monoisotopic (exact) mass is 482 g/mol. The Morgan fingerprint density at radius 2 is 1.77 bits per heavy atom. The van der Waals surface area contributed by atoms with Crippen molar-refractivity contribution in [2.24, 2.45) is 4.99 Å². The number of carbonyl (C=O) groups excluding carboxylic acids is 3. The van der Waals surface area contributed by atoms with E-state index in [0.29, 0.717) is 11.5 Å². The molecule has 1 aromatic heterocycles. The first-order chi connectivity index (χ1) is 16.5. The Morgan fingerprint density at radius 3 is 2.37 bits per heavy atom. The number of aliphatic imine (C=N–C) groups is 1. The Labute approximate surface area is 204 Å². The third-order valence-electron chi connectivity index (χ3n) is 4.22. The molecule has 0 spiro atoms. The van der Waals surface area contributed by atoms with Crippen molar-refractivity contribution in [1.82, 2.24) is 9.97 Å². The molecule has 186 valence electrons. The predicted octanol–water partition coefficient (Wildman–Crippen LogP) is 3.39. The van der Waals surface area contributed by atoms with Crippen LogP contribution in [0, 0.1) is 0 Å². The number of methoxy groups -OCH3 is 1. The fraction of sp³-hybridized carbons (Fsp3) is 0.360. The number of aromatic nitrogens is 2. The second-order valence-electron chi connectivity index (χ2n) is 8.60. The molecule has 0 N–H and O–H groups in total. The van der Waals surface area contributed by atoms with E-state index in [1.165, 1.54) is 19.3 Å². The number of rotatable bonds is 8. The molecule has 0 aliphatic rings.